The van der Waals surface area contributed by atoms with Gasteiger partial charge in [-0.1, -0.05) is 13.0 Å². The standard InChI is InChI=1S/C11H13NO/c1-2-9-8(7-12)3-4-11-10(9)5-6-13-11/h3-6H,2,7,12H2,1H3. The Morgan fingerprint density at radius 2 is 2.15 bits per heavy atom. The van der Waals surface area contributed by atoms with Crippen LogP contribution in [0.1, 0.15) is 18.1 Å². The number of fused-ring (bicyclic) bond motifs is 1. The lowest BCUT2D eigenvalue weighted by atomic mass is 10.0. The molecule has 68 valence electrons. The normalized spacial score (nSPS) is 10.9. The van der Waals surface area contributed by atoms with Crippen LogP contribution >= 0.6 is 0 Å². The van der Waals surface area contributed by atoms with E-state index in [9.17, 15) is 0 Å². The summed E-state index contributed by atoms with van der Waals surface area (Å²) < 4.78 is 5.32. The van der Waals surface area contributed by atoms with Gasteiger partial charge >= 0.3 is 0 Å². The van der Waals surface area contributed by atoms with Crippen molar-refractivity contribution in [1.82, 2.24) is 0 Å². The van der Waals surface area contributed by atoms with Crippen LogP contribution < -0.4 is 5.73 Å². The van der Waals surface area contributed by atoms with Gasteiger partial charge in [0.15, 0.2) is 0 Å². The van der Waals surface area contributed by atoms with Crippen molar-refractivity contribution in [2.75, 3.05) is 0 Å². The Labute approximate surface area is 77.3 Å². The minimum absolute atomic E-state index is 0.601. The highest BCUT2D eigenvalue weighted by molar-refractivity contribution is 5.82. The summed E-state index contributed by atoms with van der Waals surface area (Å²) in [5.74, 6) is 0. The van der Waals surface area contributed by atoms with Crippen molar-refractivity contribution in [3.05, 3.63) is 35.6 Å². The number of nitrogens with two attached hydrogens (primary N) is 1. The minimum Gasteiger partial charge on any atom is -0.464 e. The summed E-state index contributed by atoms with van der Waals surface area (Å²) >= 11 is 0. The zero-order valence-electron chi connectivity index (χ0n) is 7.71. The molecule has 0 saturated heterocycles. The second kappa shape index (κ2) is 3.23. The predicted molar refractivity (Wildman–Crippen MR) is 53.5 cm³/mol. The summed E-state index contributed by atoms with van der Waals surface area (Å²) in [4.78, 5) is 0. The molecule has 0 aliphatic rings. The monoisotopic (exact) mass is 175 g/mol. The van der Waals surface area contributed by atoms with Gasteiger partial charge in [-0.25, -0.2) is 0 Å². The predicted octanol–water partition coefficient (Wildman–Crippen LogP) is 2.45. The van der Waals surface area contributed by atoms with E-state index in [-0.39, 0.29) is 0 Å². The molecular formula is C11H13NO. The molecule has 2 heteroatoms. The second-order valence-electron chi connectivity index (χ2n) is 3.09. The van der Waals surface area contributed by atoms with Gasteiger partial charge in [0.05, 0.1) is 6.26 Å². The lowest BCUT2D eigenvalue weighted by molar-refractivity contribution is 0.615. The van der Waals surface area contributed by atoms with E-state index in [4.69, 9.17) is 10.2 Å². The molecule has 0 bridgehead atoms. The van der Waals surface area contributed by atoms with Gasteiger partial charge in [-0.15, -0.1) is 0 Å². The van der Waals surface area contributed by atoms with Crippen LogP contribution in [0.2, 0.25) is 0 Å². The zero-order valence-corrected chi connectivity index (χ0v) is 7.71. The Hall–Kier alpha value is -1.28. The summed E-state index contributed by atoms with van der Waals surface area (Å²) in [6.07, 6.45) is 2.73. The van der Waals surface area contributed by atoms with Crippen LogP contribution in [0.4, 0.5) is 0 Å². The molecule has 0 aliphatic heterocycles. The van der Waals surface area contributed by atoms with Crippen molar-refractivity contribution in [3.63, 3.8) is 0 Å². The topological polar surface area (TPSA) is 39.2 Å². The van der Waals surface area contributed by atoms with E-state index < -0.39 is 0 Å². The van der Waals surface area contributed by atoms with E-state index in [0.717, 1.165) is 12.0 Å². The Morgan fingerprint density at radius 3 is 2.85 bits per heavy atom. The molecule has 2 N–H and O–H groups in total. The summed E-state index contributed by atoms with van der Waals surface area (Å²) in [6.45, 7) is 2.74. The highest BCUT2D eigenvalue weighted by atomic mass is 16.3. The lowest BCUT2D eigenvalue weighted by Crippen LogP contribution is -2.00. The zero-order chi connectivity index (χ0) is 9.26. The van der Waals surface area contributed by atoms with Gasteiger partial charge in [0, 0.05) is 11.9 Å². The fourth-order valence-electron chi connectivity index (χ4n) is 1.76. The third kappa shape index (κ3) is 1.23. The Morgan fingerprint density at radius 1 is 1.31 bits per heavy atom. The van der Waals surface area contributed by atoms with Crippen molar-refractivity contribution in [1.29, 1.82) is 0 Å². The van der Waals surface area contributed by atoms with Crippen LogP contribution in [0, 0.1) is 0 Å². The van der Waals surface area contributed by atoms with Crippen LogP contribution in [0.25, 0.3) is 11.0 Å². The third-order valence-electron chi connectivity index (χ3n) is 2.42. The molecule has 0 fully saturated rings. The molecule has 0 spiro atoms. The molecule has 1 aromatic heterocycles. The summed E-state index contributed by atoms with van der Waals surface area (Å²) in [5, 5.41) is 1.20. The molecule has 0 radical (unpaired) electrons. The number of rotatable bonds is 2. The van der Waals surface area contributed by atoms with Crippen LogP contribution in [0.15, 0.2) is 28.9 Å². The number of furan rings is 1. The maximum atomic E-state index is 5.66. The first-order valence-electron chi connectivity index (χ1n) is 4.54. The Kier molecular flexibility index (Phi) is 2.07. The van der Waals surface area contributed by atoms with E-state index in [1.54, 1.807) is 6.26 Å². The summed E-state index contributed by atoms with van der Waals surface area (Å²) in [5.41, 5.74) is 9.14. The molecule has 0 saturated carbocycles. The first-order chi connectivity index (χ1) is 6.36. The van der Waals surface area contributed by atoms with E-state index in [1.807, 2.05) is 18.2 Å². The fourth-order valence-corrected chi connectivity index (χ4v) is 1.76. The third-order valence-corrected chi connectivity index (χ3v) is 2.42. The fraction of sp³-hybridized carbons (Fsp3) is 0.273. The number of benzene rings is 1. The van der Waals surface area contributed by atoms with Gasteiger partial charge in [0.1, 0.15) is 5.58 Å². The molecule has 1 heterocycles. The quantitative estimate of drug-likeness (QED) is 0.761. The minimum atomic E-state index is 0.601. The molecule has 0 amide bonds. The Balaban J connectivity index is 2.74. The average molecular weight is 175 g/mol. The largest absolute Gasteiger partial charge is 0.464 e. The summed E-state index contributed by atoms with van der Waals surface area (Å²) in [6, 6.07) is 6.04. The van der Waals surface area contributed by atoms with Crippen molar-refractivity contribution < 1.29 is 4.42 Å². The van der Waals surface area contributed by atoms with Crippen LogP contribution in [-0.4, -0.2) is 0 Å². The average Bonchev–Trinajstić information content (AvgIpc) is 2.63. The summed E-state index contributed by atoms with van der Waals surface area (Å²) in [7, 11) is 0. The molecule has 0 atom stereocenters. The first-order valence-corrected chi connectivity index (χ1v) is 4.54. The van der Waals surface area contributed by atoms with Gasteiger partial charge in [-0.05, 0) is 29.7 Å². The second-order valence-corrected chi connectivity index (χ2v) is 3.09. The first kappa shape index (κ1) is 8.32. The van der Waals surface area contributed by atoms with Crippen molar-refractivity contribution in [3.8, 4) is 0 Å². The van der Waals surface area contributed by atoms with Gasteiger partial charge in [-0.2, -0.15) is 0 Å². The van der Waals surface area contributed by atoms with Crippen LogP contribution in [0.5, 0.6) is 0 Å². The van der Waals surface area contributed by atoms with E-state index in [1.165, 1.54) is 16.5 Å². The SMILES string of the molecule is CCc1c(CN)ccc2occc12. The molecule has 1 aromatic carbocycles. The molecule has 0 aliphatic carbocycles. The molecule has 2 aromatic rings. The van der Waals surface area contributed by atoms with E-state index in [2.05, 4.69) is 6.92 Å². The van der Waals surface area contributed by atoms with Crippen molar-refractivity contribution in [2.45, 2.75) is 19.9 Å². The van der Waals surface area contributed by atoms with Gasteiger partial charge in [-0.3, -0.25) is 0 Å². The maximum Gasteiger partial charge on any atom is 0.134 e. The van der Waals surface area contributed by atoms with Crippen molar-refractivity contribution in [2.24, 2.45) is 5.73 Å². The van der Waals surface area contributed by atoms with Gasteiger partial charge in [0.25, 0.3) is 0 Å². The molecule has 0 unspecified atom stereocenters. The lowest BCUT2D eigenvalue weighted by Gasteiger charge is -2.05. The van der Waals surface area contributed by atoms with Gasteiger partial charge in [0.2, 0.25) is 0 Å². The Bertz CT molecular complexity index is 417. The molecular weight excluding hydrogens is 162 g/mol. The van der Waals surface area contributed by atoms with Crippen LogP contribution in [0.3, 0.4) is 0 Å². The number of hydrogen-bond acceptors (Lipinski definition) is 2. The van der Waals surface area contributed by atoms with Crippen molar-refractivity contribution >= 4 is 11.0 Å². The van der Waals surface area contributed by atoms with E-state index >= 15 is 0 Å². The van der Waals surface area contributed by atoms with E-state index in [0.29, 0.717) is 6.54 Å². The molecule has 2 nitrogen and oxygen atoms in total. The highest BCUT2D eigenvalue weighted by Gasteiger charge is 2.05. The number of hydrogen-bond donors (Lipinski definition) is 1. The molecule has 13 heavy (non-hydrogen) atoms. The smallest absolute Gasteiger partial charge is 0.134 e. The highest BCUT2D eigenvalue weighted by Crippen LogP contribution is 2.23. The molecule has 2 rings (SSSR count). The maximum absolute atomic E-state index is 5.66. The van der Waals surface area contributed by atoms with Crippen LogP contribution in [-0.2, 0) is 13.0 Å². The number of aryl methyl sites for hydroxylation is 1. The van der Waals surface area contributed by atoms with Gasteiger partial charge < -0.3 is 10.2 Å².